The predicted molar refractivity (Wildman–Crippen MR) is 98.7 cm³/mol. The largest absolute Gasteiger partial charge is 0.399 e. The van der Waals surface area contributed by atoms with E-state index in [2.05, 4.69) is 23.2 Å². The number of carbonyl (C=O) groups is 1. The van der Waals surface area contributed by atoms with E-state index >= 15 is 0 Å². The minimum Gasteiger partial charge on any atom is -0.399 e. The van der Waals surface area contributed by atoms with Gasteiger partial charge in [0.1, 0.15) is 0 Å². The second-order valence-corrected chi connectivity index (χ2v) is 5.50. The van der Waals surface area contributed by atoms with Gasteiger partial charge in [0.05, 0.1) is 18.2 Å². The van der Waals surface area contributed by atoms with Gasteiger partial charge in [0.25, 0.3) is 5.91 Å². The zero-order valence-corrected chi connectivity index (χ0v) is 13.4. The number of anilines is 1. The third-order valence-electron chi connectivity index (χ3n) is 3.69. The minimum absolute atomic E-state index is 0.204. The molecule has 0 aliphatic heterocycles. The first-order valence-electron chi connectivity index (χ1n) is 7.72. The summed E-state index contributed by atoms with van der Waals surface area (Å²) < 4.78 is 0. The SMILES string of the molecule is N#Cc1ccc2cc(C#CCNC(=O)c3cccc(N)c3)ccc2c1. The van der Waals surface area contributed by atoms with Crippen molar-refractivity contribution in [2.45, 2.75) is 0 Å². The van der Waals surface area contributed by atoms with E-state index in [4.69, 9.17) is 11.0 Å². The first-order valence-corrected chi connectivity index (χ1v) is 7.72. The zero-order valence-electron chi connectivity index (χ0n) is 13.4. The number of amides is 1. The van der Waals surface area contributed by atoms with Crippen LogP contribution in [0.3, 0.4) is 0 Å². The van der Waals surface area contributed by atoms with Crippen LogP contribution in [0.4, 0.5) is 5.69 Å². The highest BCUT2D eigenvalue weighted by Crippen LogP contribution is 2.17. The Labute approximate surface area is 145 Å². The molecule has 1 amide bonds. The van der Waals surface area contributed by atoms with Crippen molar-refractivity contribution in [3.05, 3.63) is 77.4 Å². The van der Waals surface area contributed by atoms with Crippen molar-refractivity contribution in [2.75, 3.05) is 12.3 Å². The van der Waals surface area contributed by atoms with Gasteiger partial charge in [-0.2, -0.15) is 5.26 Å². The molecular formula is C21H15N3O. The number of hydrogen-bond donors (Lipinski definition) is 2. The molecule has 3 aromatic carbocycles. The van der Waals surface area contributed by atoms with Crippen molar-refractivity contribution in [3.8, 4) is 17.9 Å². The molecule has 25 heavy (non-hydrogen) atoms. The average molecular weight is 325 g/mol. The van der Waals surface area contributed by atoms with E-state index in [1.54, 1.807) is 30.3 Å². The summed E-state index contributed by atoms with van der Waals surface area (Å²) >= 11 is 0. The number of rotatable bonds is 2. The Kier molecular flexibility index (Phi) is 4.65. The number of carbonyl (C=O) groups excluding carboxylic acids is 1. The summed E-state index contributed by atoms with van der Waals surface area (Å²) in [5, 5.41) is 13.7. The Morgan fingerprint density at radius 1 is 1.00 bits per heavy atom. The van der Waals surface area contributed by atoms with Crippen LogP contribution in [-0.4, -0.2) is 12.5 Å². The summed E-state index contributed by atoms with van der Waals surface area (Å²) in [7, 11) is 0. The molecule has 0 saturated carbocycles. The first kappa shape index (κ1) is 16.1. The molecule has 4 heteroatoms. The monoisotopic (exact) mass is 325 g/mol. The Morgan fingerprint density at radius 2 is 1.72 bits per heavy atom. The number of nitrogens with zero attached hydrogens (tertiary/aromatic N) is 1. The van der Waals surface area contributed by atoms with E-state index in [0.717, 1.165) is 16.3 Å². The van der Waals surface area contributed by atoms with E-state index in [-0.39, 0.29) is 12.5 Å². The van der Waals surface area contributed by atoms with Crippen LogP contribution in [-0.2, 0) is 0 Å². The molecule has 0 unspecified atom stereocenters. The van der Waals surface area contributed by atoms with Crippen LogP contribution in [0.5, 0.6) is 0 Å². The van der Waals surface area contributed by atoms with Crippen LogP contribution < -0.4 is 11.1 Å². The number of nitriles is 1. The third-order valence-corrected chi connectivity index (χ3v) is 3.69. The molecular weight excluding hydrogens is 310 g/mol. The second-order valence-electron chi connectivity index (χ2n) is 5.50. The van der Waals surface area contributed by atoms with Crippen molar-refractivity contribution < 1.29 is 4.79 Å². The Morgan fingerprint density at radius 3 is 2.44 bits per heavy atom. The number of fused-ring (bicyclic) bond motifs is 1. The molecule has 0 aliphatic rings. The summed E-state index contributed by atoms with van der Waals surface area (Å²) in [4.78, 5) is 12.0. The molecule has 0 fully saturated rings. The van der Waals surface area contributed by atoms with Gasteiger partial charge in [-0.15, -0.1) is 0 Å². The van der Waals surface area contributed by atoms with Crippen LogP contribution >= 0.6 is 0 Å². The fourth-order valence-corrected chi connectivity index (χ4v) is 2.45. The maximum atomic E-state index is 12.0. The van der Waals surface area contributed by atoms with Gasteiger partial charge in [-0.1, -0.05) is 30.0 Å². The fourth-order valence-electron chi connectivity index (χ4n) is 2.45. The van der Waals surface area contributed by atoms with Crippen LogP contribution in [0, 0.1) is 23.2 Å². The predicted octanol–water partition coefficient (Wildman–Crippen LogP) is 3.08. The summed E-state index contributed by atoms with van der Waals surface area (Å²) in [6.07, 6.45) is 0. The summed E-state index contributed by atoms with van der Waals surface area (Å²) in [5.74, 6) is 5.76. The zero-order chi connectivity index (χ0) is 17.6. The van der Waals surface area contributed by atoms with Crippen LogP contribution in [0.2, 0.25) is 0 Å². The van der Waals surface area contributed by atoms with Crippen molar-refractivity contribution in [1.82, 2.24) is 5.32 Å². The van der Waals surface area contributed by atoms with E-state index in [9.17, 15) is 4.79 Å². The highest BCUT2D eigenvalue weighted by Gasteiger charge is 2.03. The molecule has 0 saturated heterocycles. The van der Waals surface area contributed by atoms with Gasteiger partial charge in [-0.05, 0) is 53.2 Å². The smallest absolute Gasteiger partial charge is 0.252 e. The molecule has 3 rings (SSSR count). The minimum atomic E-state index is -0.204. The van der Waals surface area contributed by atoms with Gasteiger partial charge < -0.3 is 11.1 Å². The fraction of sp³-hybridized carbons (Fsp3) is 0.0476. The molecule has 0 bridgehead atoms. The quantitative estimate of drug-likeness (QED) is 0.561. The lowest BCUT2D eigenvalue weighted by Crippen LogP contribution is -2.23. The van der Waals surface area contributed by atoms with E-state index < -0.39 is 0 Å². The number of nitrogen functional groups attached to an aromatic ring is 1. The van der Waals surface area contributed by atoms with Crippen molar-refractivity contribution in [1.29, 1.82) is 5.26 Å². The van der Waals surface area contributed by atoms with Crippen molar-refractivity contribution in [2.24, 2.45) is 0 Å². The second kappa shape index (κ2) is 7.21. The maximum absolute atomic E-state index is 12.0. The highest BCUT2D eigenvalue weighted by molar-refractivity contribution is 5.95. The molecule has 3 aromatic rings. The molecule has 0 aromatic heterocycles. The lowest BCUT2D eigenvalue weighted by molar-refractivity contribution is 0.0958. The molecule has 120 valence electrons. The van der Waals surface area contributed by atoms with Gasteiger partial charge in [0.15, 0.2) is 0 Å². The molecule has 4 nitrogen and oxygen atoms in total. The van der Waals surface area contributed by atoms with E-state index in [1.807, 2.05) is 30.3 Å². The summed E-state index contributed by atoms with van der Waals surface area (Å²) in [6.45, 7) is 0.249. The van der Waals surface area contributed by atoms with Crippen LogP contribution in [0.1, 0.15) is 21.5 Å². The topological polar surface area (TPSA) is 78.9 Å². The summed E-state index contributed by atoms with van der Waals surface area (Å²) in [6, 6.07) is 20.3. The molecule has 0 heterocycles. The van der Waals surface area contributed by atoms with Gasteiger partial charge in [0.2, 0.25) is 0 Å². The van der Waals surface area contributed by atoms with Crippen molar-refractivity contribution in [3.63, 3.8) is 0 Å². The third kappa shape index (κ3) is 3.96. The Bertz CT molecular complexity index is 1050. The molecule has 0 atom stereocenters. The van der Waals surface area contributed by atoms with E-state index in [0.29, 0.717) is 16.8 Å². The number of hydrogen-bond acceptors (Lipinski definition) is 3. The average Bonchev–Trinajstić information content (AvgIpc) is 2.64. The lowest BCUT2D eigenvalue weighted by atomic mass is 10.0. The standard InChI is InChI=1S/C21H15N3O/c22-14-16-7-9-17-11-15(6-8-18(17)12-16)3-2-10-24-21(25)19-4-1-5-20(23)13-19/h1,4-9,11-13H,10,23H2,(H,24,25). The normalized spacial score (nSPS) is 9.72. The van der Waals surface area contributed by atoms with Gasteiger partial charge in [0, 0.05) is 16.8 Å². The van der Waals surface area contributed by atoms with Crippen molar-refractivity contribution >= 4 is 22.4 Å². The first-order chi connectivity index (χ1) is 12.2. The maximum Gasteiger partial charge on any atom is 0.252 e. The highest BCUT2D eigenvalue weighted by atomic mass is 16.1. The Hall–Kier alpha value is -3.76. The van der Waals surface area contributed by atoms with Crippen LogP contribution in [0.15, 0.2) is 60.7 Å². The number of benzene rings is 3. The summed E-state index contributed by atoms with van der Waals surface area (Å²) in [5.41, 5.74) is 8.22. The lowest BCUT2D eigenvalue weighted by Gasteiger charge is -2.02. The molecule has 0 spiro atoms. The number of nitrogens with one attached hydrogen (secondary N) is 1. The number of nitrogens with two attached hydrogens (primary N) is 1. The Balaban J connectivity index is 1.66. The van der Waals surface area contributed by atoms with Gasteiger partial charge >= 0.3 is 0 Å². The van der Waals surface area contributed by atoms with Gasteiger partial charge in [-0.25, -0.2) is 0 Å². The van der Waals surface area contributed by atoms with Crippen LogP contribution in [0.25, 0.3) is 10.8 Å². The molecule has 0 aliphatic carbocycles. The molecule has 3 N–H and O–H groups in total. The molecule has 0 radical (unpaired) electrons. The van der Waals surface area contributed by atoms with E-state index in [1.165, 1.54) is 0 Å². The van der Waals surface area contributed by atoms with Gasteiger partial charge in [-0.3, -0.25) is 4.79 Å².